The summed E-state index contributed by atoms with van der Waals surface area (Å²) in [5, 5.41) is 5.65. The molecule has 6 nitrogen and oxygen atoms in total. The van der Waals surface area contributed by atoms with Crippen molar-refractivity contribution in [1.82, 2.24) is 5.32 Å². The van der Waals surface area contributed by atoms with Crippen molar-refractivity contribution in [1.29, 1.82) is 0 Å². The second-order valence-electron chi connectivity index (χ2n) is 7.16. The van der Waals surface area contributed by atoms with E-state index in [1.54, 1.807) is 48.5 Å². The molecule has 0 heterocycles. The van der Waals surface area contributed by atoms with Crippen LogP contribution in [0.4, 0.5) is 5.69 Å². The molecule has 31 heavy (non-hydrogen) atoms. The highest BCUT2D eigenvalue weighted by Crippen LogP contribution is 2.18. The van der Waals surface area contributed by atoms with Crippen molar-refractivity contribution < 1.29 is 19.1 Å². The van der Waals surface area contributed by atoms with Crippen LogP contribution in [0.5, 0.6) is 11.5 Å². The molecule has 0 aliphatic rings. The lowest BCUT2D eigenvalue weighted by Crippen LogP contribution is -2.31. The number of hydrogen-bond acceptors (Lipinski definition) is 4. The molecule has 2 N–H and O–H groups in total. The first-order valence-electron chi connectivity index (χ1n) is 10.1. The normalized spacial score (nSPS) is 10.4. The van der Waals surface area contributed by atoms with Crippen LogP contribution in [0.2, 0.25) is 0 Å². The van der Waals surface area contributed by atoms with Gasteiger partial charge in [0.15, 0.2) is 0 Å². The van der Waals surface area contributed by atoms with Gasteiger partial charge in [-0.25, -0.2) is 0 Å². The maximum Gasteiger partial charge on any atom is 0.255 e. The number of rotatable bonds is 9. The molecule has 3 rings (SSSR count). The van der Waals surface area contributed by atoms with Gasteiger partial charge in [-0.15, -0.1) is 0 Å². The summed E-state index contributed by atoms with van der Waals surface area (Å²) >= 11 is 0. The van der Waals surface area contributed by atoms with E-state index in [0.717, 1.165) is 5.75 Å². The second kappa shape index (κ2) is 10.8. The van der Waals surface area contributed by atoms with Gasteiger partial charge in [0.25, 0.3) is 11.8 Å². The molecule has 0 aromatic heterocycles. The molecule has 0 unspecified atom stereocenters. The van der Waals surface area contributed by atoms with E-state index >= 15 is 0 Å². The van der Waals surface area contributed by atoms with Crippen molar-refractivity contribution >= 4 is 17.5 Å². The third-order valence-electron chi connectivity index (χ3n) is 4.32. The summed E-state index contributed by atoms with van der Waals surface area (Å²) < 4.78 is 11.2. The number of anilines is 1. The van der Waals surface area contributed by atoms with Gasteiger partial charge >= 0.3 is 0 Å². The average Bonchev–Trinajstić information content (AvgIpc) is 2.77. The van der Waals surface area contributed by atoms with Crippen molar-refractivity contribution in [3.8, 4) is 11.5 Å². The van der Waals surface area contributed by atoms with E-state index in [4.69, 9.17) is 9.47 Å². The quantitative estimate of drug-likeness (QED) is 0.501. The Hall–Kier alpha value is -3.80. The number of benzene rings is 3. The van der Waals surface area contributed by atoms with Crippen molar-refractivity contribution in [2.75, 3.05) is 18.5 Å². The van der Waals surface area contributed by atoms with Crippen molar-refractivity contribution in [3.05, 3.63) is 90.0 Å². The van der Waals surface area contributed by atoms with Gasteiger partial charge in [0.05, 0.1) is 11.3 Å². The van der Waals surface area contributed by atoms with Crippen molar-refractivity contribution in [2.24, 2.45) is 0 Å². The molecule has 0 radical (unpaired) electrons. The third kappa shape index (κ3) is 6.60. The van der Waals surface area contributed by atoms with Crippen LogP contribution in [0.25, 0.3) is 0 Å². The molecule has 0 fully saturated rings. The minimum absolute atomic E-state index is 0.00175. The number of hydrogen-bond donors (Lipinski definition) is 2. The molecule has 0 aliphatic heterocycles. The van der Waals surface area contributed by atoms with E-state index in [1.165, 1.54) is 0 Å². The summed E-state index contributed by atoms with van der Waals surface area (Å²) in [6, 6.07) is 23.3. The van der Waals surface area contributed by atoms with Crippen molar-refractivity contribution in [3.63, 3.8) is 0 Å². The summed E-state index contributed by atoms with van der Waals surface area (Å²) in [5.74, 6) is 0.904. The Morgan fingerprint density at radius 3 is 1.97 bits per heavy atom. The van der Waals surface area contributed by atoms with Crippen LogP contribution >= 0.6 is 0 Å². The van der Waals surface area contributed by atoms with Gasteiger partial charge in [-0.3, -0.25) is 9.59 Å². The molecular formula is C25H26N2O4. The second-order valence-corrected chi connectivity index (χ2v) is 7.16. The first-order chi connectivity index (χ1) is 15.0. The van der Waals surface area contributed by atoms with Crippen LogP contribution in [0.3, 0.4) is 0 Å². The van der Waals surface area contributed by atoms with E-state index in [1.807, 2.05) is 44.2 Å². The molecule has 6 heteroatoms. The Bertz CT molecular complexity index is 1000. The summed E-state index contributed by atoms with van der Waals surface area (Å²) in [6.07, 6.45) is 0. The maximum absolute atomic E-state index is 12.6. The van der Waals surface area contributed by atoms with Crippen LogP contribution in [0.15, 0.2) is 78.9 Å². The van der Waals surface area contributed by atoms with E-state index in [9.17, 15) is 9.59 Å². The molecule has 0 saturated heterocycles. The van der Waals surface area contributed by atoms with Gasteiger partial charge in [0.2, 0.25) is 0 Å². The summed E-state index contributed by atoms with van der Waals surface area (Å²) in [5.41, 5.74) is 1.35. The highest BCUT2D eigenvalue weighted by molar-refractivity contribution is 6.09. The first kappa shape index (κ1) is 21.9. The monoisotopic (exact) mass is 418 g/mol. The van der Waals surface area contributed by atoms with E-state index in [-0.39, 0.29) is 17.9 Å². The summed E-state index contributed by atoms with van der Waals surface area (Å²) in [7, 11) is 0. The molecule has 0 aliphatic carbocycles. The average molecular weight is 418 g/mol. The third-order valence-corrected chi connectivity index (χ3v) is 4.32. The molecule has 160 valence electrons. The highest BCUT2D eigenvalue weighted by Gasteiger charge is 2.14. The van der Waals surface area contributed by atoms with Gasteiger partial charge in [0, 0.05) is 11.6 Å². The highest BCUT2D eigenvalue weighted by atomic mass is 16.5. The zero-order chi connectivity index (χ0) is 22.1. The smallest absolute Gasteiger partial charge is 0.255 e. The molecule has 0 bridgehead atoms. The van der Waals surface area contributed by atoms with Crippen LogP contribution < -0.4 is 20.1 Å². The Morgan fingerprint density at radius 2 is 1.32 bits per heavy atom. The van der Waals surface area contributed by atoms with Gasteiger partial charge in [-0.2, -0.15) is 0 Å². The zero-order valence-electron chi connectivity index (χ0n) is 17.6. The maximum atomic E-state index is 12.6. The van der Waals surface area contributed by atoms with Gasteiger partial charge in [0.1, 0.15) is 24.7 Å². The lowest BCUT2D eigenvalue weighted by molar-refractivity contribution is 0.0944. The predicted molar refractivity (Wildman–Crippen MR) is 121 cm³/mol. The van der Waals surface area contributed by atoms with E-state index in [2.05, 4.69) is 10.6 Å². The molecule has 0 saturated carbocycles. The minimum Gasteiger partial charge on any atom is -0.490 e. The molecule has 0 spiro atoms. The van der Waals surface area contributed by atoms with Crippen molar-refractivity contribution in [2.45, 2.75) is 19.9 Å². The number of carbonyl (C=O) groups is 2. The molecule has 2 amide bonds. The number of amides is 2. The summed E-state index contributed by atoms with van der Waals surface area (Å²) in [4.78, 5) is 25.0. The fourth-order valence-electron chi connectivity index (χ4n) is 2.86. The zero-order valence-corrected chi connectivity index (χ0v) is 17.6. The van der Waals surface area contributed by atoms with Gasteiger partial charge < -0.3 is 20.1 Å². The number of ether oxygens (including phenoxy) is 2. The molecule has 3 aromatic rings. The minimum atomic E-state index is -0.302. The number of para-hydroxylation sites is 2. The topological polar surface area (TPSA) is 76.7 Å². The van der Waals surface area contributed by atoms with Crippen LogP contribution in [-0.2, 0) is 0 Å². The fourth-order valence-corrected chi connectivity index (χ4v) is 2.86. The standard InChI is InChI=1S/C25H26N2O4/c1-18(2)26-25(29)22-10-6-7-11-23(22)27-24(28)19-12-14-21(15-13-19)31-17-16-30-20-8-4-3-5-9-20/h3-15,18H,16-17H2,1-2H3,(H,26,29)(H,27,28). The summed E-state index contributed by atoms with van der Waals surface area (Å²) in [6.45, 7) is 4.58. The van der Waals surface area contributed by atoms with E-state index < -0.39 is 0 Å². The van der Waals surface area contributed by atoms with Gasteiger partial charge in [-0.05, 0) is 62.4 Å². The van der Waals surface area contributed by atoms with E-state index in [0.29, 0.717) is 35.8 Å². The molecule has 0 atom stereocenters. The molecular weight excluding hydrogens is 392 g/mol. The Labute approximate surface area is 182 Å². The molecule has 3 aromatic carbocycles. The first-order valence-corrected chi connectivity index (χ1v) is 10.1. The van der Waals surface area contributed by atoms with Crippen LogP contribution in [0.1, 0.15) is 34.6 Å². The Kier molecular flexibility index (Phi) is 7.65. The van der Waals surface area contributed by atoms with Crippen LogP contribution in [0, 0.1) is 0 Å². The lowest BCUT2D eigenvalue weighted by Gasteiger charge is -2.13. The Morgan fingerprint density at radius 1 is 0.742 bits per heavy atom. The number of nitrogens with one attached hydrogen (secondary N) is 2. The number of carbonyl (C=O) groups excluding carboxylic acids is 2. The lowest BCUT2D eigenvalue weighted by atomic mass is 10.1. The van der Waals surface area contributed by atoms with Crippen LogP contribution in [-0.4, -0.2) is 31.1 Å². The Balaban J connectivity index is 1.54. The SMILES string of the molecule is CC(C)NC(=O)c1ccccc1NC(=O)c1ccc(OCCOc2ccccc2)cc1. The largest absolute Gasteiger partial charge is 0.490 e. The van der Waals surface area contributed by atoms with Gasteiger partial charge in [-0.1, -0.05) is 30.3 Å². The predicted octanol–water partition coefficient (Wildman–Crippen LogP) is 4.53. The fraction of sp³-hybridized carbons (Fsp3) is 0.200.